The van der Waals surface area contributed by atoms with Gasteiger partial charge in [0.2, 0.25) is 11.8 Å². The fraction of sp³-hybridized carbons (Fsp3) is 0.136. The summed E-state index contributed by atoms with van der Waals surface area (Å²) in [6.07, 6.45) is 1.59. The molecule has 160 valence electrons. The van der Waals surface area contributed by atoms with Gasteiger partial charge in [0.25, 0.3) is 0 Å². The molecule has 0 fully saturated rings. The standard InChI is InChI=1S/C22H19ClN2O6/c23-16-6-7-18(17(10-16)22(28)29)25-21(27)13-30-12-20(26)24-11-14-3-1-4-15(9-14)19-5-2-8-31-19/h1-10H,11-13H2,(H,24,26)(H,25,27)(H,28,29). The van der Waals surface area contributed by atoms with Gasteiger partial charge in [-0.3, -0.25) is 9.59 Å². The van der Waals surface area contributed by atoms with E-state index in [0.29, 0.717) is 0 Å². The van der Waals surface area contributed by atoms with Crippen molar-refractivity contribution in [2.24, 2.45) is 0 Å². The van der Waals surface area contributed by atoms with E-state index in [1.807, 2.05) is 30.3 Å². The molecule has 0 saturated heterocycles. The molecule has 8 nitrogen and oxygen atoms in total. The number of halogens is 1. The van der Waals surface area contributed by atoms with Crippen LogP contribution in [0.2, 0.25) is 5.02 Å². The van der Waals surface area contributed by atoms with Crippen molar-refractivity contribution in [2.75, 3.05) is 18.5 Å². The predicted octanol–water partition coefficient (Wildman–Crippen LogP) is 3.57. The molecule has 9 heteroatoms. The summed E-state index contributed by atoms with van der Waals surface area (Å²) in [7, 11) is 0. The smallest absolute Gasteiger partial charge is 0.337 e. The van der Waals surface area contributed by atoms with Gasteiger partial charge in [-0.1, -0.05) is 29.8 Å². The average Bonchev–Trinajstić information content (AvgIpc) is 3.28. The molecule has 0 atom stereocenters. The zero-order valence-corrected chi connectivity index (χ0v) is 17.0. The van der Waals surface area contributed by atoms with Gasteiger partial charge < -0.3 is 24.9 Å². The van der Waals surface area contributed by atoms with Gasteiger partial charge in [0.1, 0.15) is 19.0 Å². The van der Waals surface area contributed by atoms with Crippen molar-refractivity contribution in [3.05, 3.63) is 77.0 Å². The number of carbonyl (C=O) groups is 3. The van der Waals surface area contributed by atoms with Crippen molar-refractivity contribution in [2.45, 2.75) is 6.54 Å². The monoisotopic (exact) mass is 442 g/mol. The lowest BCUT2D eigenvalue weighted by molar-refractivity contribution is -0.128. The van der Waals surface area contributed by atoms with Crippen molar-refractivity contribution < 1.29 is 28.6 Å². The Morgan fingerprint density at radius 3 is 2.55 bits per heavy atom. The second-order valence-electron chi connectivity index (χ2n) is 6.49. The number of nitrogens with one attached hydrogen (secondary N) is 2. The number of aromatic carboxylic acids is 1. The maximum atomic E-state index is 12.0. The highest BCUT2D eigenvalue weighted by Crippen LogP contribution is 2.21. The average molecular weight is 443 g/mol. The number of amides is 2. The number of hydrogen-bond donors (Lipinski definition) is 3. The van der Waals surface area contributed by atoms with Crippen molar-refractivity contribution >= 4 is 35.1 Å². The highest BCUT2D eigenvalue weighted by molar-refractivity contribution is 6.31. The molecule has 3 N–H and O–H groups in total. The van der Waals surface area contributed by atoms with Crippen LogP contribution in [0.25, 0.3) is 11.3 Å². The Morgan fingerprint density at radius 1 is 1.00 bits per heavy atom. The molecule has 0 aliphatic carbocycles. The fourth-order valence-corrected chi connectivity index (χ4v) is 2.93. The van der Waals surface area contributed by atoms with Crippen LogP contribution in [-0.2, 0) is 20.9 Å². The number of hydrogen-bond acceptors (Lipinski definition) is 5. The summed E-state index contributed by atoms with van der Waals surface area (Å²) in [6.45, 7) is -0.448. The molecule has 31 heavy (non-hydrogen) atoms. The number of anilines is 1. The molecule has 1 aromatic heterocycles. The number of furan rings is 1. The van der Waals surface area contributed by atoms with E-state index in [9.17, 15) is 19.5 Å². The lowest BCUT2D eigenvalue weighted by Gasteiger charge is -2.10. The lowest BCUT2D eigenvalue weighted by Crippen LogP contribution is -2.29. The summed E-state index contributed by atoms with van der Waals surface area (Å²) in [4.78, 5) is 35.2. The molecule has 0 aliphatic heterocycles. The van der Waals surface area contributed by atoms with Crippen molar-refractivity contribution in [1.82, 2.24) is 5.32 Å². The Morgan fingerprint density at radius 2 is 1.81 bits per heavy atom. The summed E-state index contributed by atoms with van der Waals surface area (Å²) in [6, 6.07) is 15.3. The summed E-state index contributed by atoms with van der Waals surface area (Å²) >= 11 is 5.77. The summed E-state index contributed by atoms with van der Waals surface area (Å²) in [5.74, 6) is -1.49. The Bertz CT molecular complexity index is 1080. The Kier molecular flexibility index (Phi) is 7.42. The minimum absolute atomic E-state index is 0.0893. The zero-order chi connectivity index (χ0) is 22.2. The molecule has 0 spiro atoms. The van der Waals surface area contributed by atoms with Crippen molar-refractivity contribution in [3.8, 4) is 11.3 Å². The van der Waals surface area contributed by atoms with E-state index in [0.717, 1.165) is 16.9 Å². The first-order valence-electron chi connectivity index (χ1n) is 9.22. The molecule has 0 radical (unpaired) electrons. The molecular formula is C22H19ClN2O6. The van der Waals surface area contributed by atoms with Gasteiger partial charge in [-0.15, -0.1) is 0 Å². The van der Waals surface area contributed by atoms with E-state index >= 15 is 0 Å². The van der Waals surface area contributed by atoms with E-state index in [1.54, 1.807) is 12.3 Å². The van der Waals surface area contributed by atoms with Gasteiger partial charge in [-0.05, 0) is 42.0 Å². The van der Waals surface area contributed by atoms with Crippen LogP contribution in [0.4, 0.5) is 5.69 Å². The van der Waals surface area contributed by atoms with Gasteiger partial charge in [0.15, 0.2) is 0 Å². The minimum atomic E-state index is -1.23. The van der Waals surface area contributed by atoms with Crippen molar-refractivity contribution in [1.29, 1.82) is 0 Å². The second kappa shape index (κ2) is 10.4. The van der Waals surface area contributed by atoms with Crippen LogP contribution in [0.1, 0.15) is 15.9 Å². The molecule has 0 saturated carbocycles. The second-order valence-corrected chi connectivity index (χ2v) is 6.93. The molecule has 0 bridgehead atoms. The van der Waals surface area contributed by atoms with E-state index in [-0.39, 0.29) is 29.4 Å². The third-order valence-corrected chi connectivity index (χ3v) is 4.41. The molecule has 3 aromatic rings. The molecule has 0 unspecified atom stereocenters. The van der Waals surface area contributed by atoms with E-state index in [1.165, 1.54) is 18.2 Å². The van der Waals surface area contributed by atoms with Gasteiger partial charge in [-0.2, -0.15) is 0 Å². The van der Waals surface area contributed by atoms with Gasteiger partial charge in [-0.25, -0.2) is 4.79 Å². The maximum absolute atomic E-state index is 12.0. The predicted molar refractivity (Wildman–Crippen MR) is 114 cm³/mol. The highest BCUT2D eigenvalue weighted by atomic mass is 35.5. The number of carbonyl (C=O) groups excluding carboxylic acids is 2. The summed E-state index contributed by atoms with van der Waals surface area (Å²) in [5, 5.41) is 14.5. The summed E-state index contributed by atoms with van der Waals surface area (Å²) in [5.41, 5.74) is 1.72. The van der Waals surface area contributed by atoms with Crippen LogP contribution >= 0.6 is 11.6 Å². The van der Waals surface area contributed by atoms with Gasteiger partial charge in [0.05, 0.1) is 17.5 Å². The lowest BCUT2D eigenvalue weighted by atomic mass is 10.1. The number of benzene rings is 2. The molecule has 2 amide bonds. The fourth-order valence-electron chi connectivity index (χ4n) is 2.75. The molecule has 1 heterocycles. The SMILES string of the molecule is O=C(COCC(=O)Nc1ccc(Cl)cc1C(=O)O)NCc1cccc(-c2ccco2)c1. The topological polar surface area (TPSA) is 118 Å². The third kappa shape index (κ3) is 6.43. The van der Waals surface area contributed by atoms with Crippen LogP contribution < -0.4 is 10.6 Å². The van der Waals surface area contributed by atoms with Gasteiger partial charge in [0, 0.05) is 17.1 Å². The van der Waals surface area contributed by atoms with Crippen LogP contribution in [0.15, 0.2) is 65.3 Å². The van der Waals surface area contributed by atoms with E-state index < -0.39 is 24.4 Å². The van der Waals surface area contributed by atoms with Crippen LogP contribution in [-0.4, -0.2) is 36.1 Å². The van der Waals surface area contributed by atoms with Gasteiger partial charge >= 0.3 is 5.97 Å². The summed E-state index contributed by atoms with van der Waals surface area (Å²) < 4.78 is 10.5. The number of rotatable bonds is 9. The van der Waals surface area contributed by atoms with Crippen LogP contribution in [0.3, 0.4) is 0 Å². The normalized spacial score (nSPS) is 10.5. The first-order chi connectivity index (χ1) is 14.9. The quantitative estimate of drug-likeness (QED) is 0.466. The first-order valence-corrected chi connectivity index (χ1v) is 9.60. The molecule has 2 aromatic carbocycles. The minimum Gasteiger partial charge on any atom is -0.478 e. The Hall–Kier alpha value is -3.62. The Labute approximate surface area is 182 Å². The molecule has 3 rings (SSSR count). The first kappa shape index (κ1) is 22.1. The number of carboxylic acids is 1. The zero-order valence-electron chi connectivity index (χ0n) is 16.3. The highest BCUT2D eigenvalue weighted by Gasteiger charge is 2.14. The van der Waals surface area contributed by atoms with Crippen LogP contribution in [0.5, 0.6) is 0 Å². The number of carboxylic acid groups (broad SMARTS) is 1. The number of ether oxygens (including phenoxy) is 1. The van der Waals surface area contributed by atoms with Crippen molar-refractivity contribution in [3.63, 3.8) is 0 Å². The Balaban J connectivity index is 1.43. The largest absolute Gasteiger partial charge is 0.478 e. The maximum Gasteiger partial charge on any atom is 0.337 e. The molecular weight excluding hydrogens is 424 g/mol. The van der Waals surface area contributed by atoms with E-state index in [4.69, 9.17) is 20.8 Å². The van der Waals surface area contributed by atoms with E-state index in [2.05, 4.69) is 10.6 Å². The molecule has 0 aliphatic rings. The van der Waals surface area contributed by atoms with Crippen LogP contribution in [0, 0.1) is 0 Å². The third-order valence-electron chi connectivity index (χ3n) is 4.17.